The Kier molecular flexibility index (Phi) is 4.38. The largest absolute Gasteiger partial charge is 0.337 e. The van der Waals surface area contributed by atoms with Gasteiger partial charge in [-0.25, -0.2) is 0 Å². The number of thioether (sulfide) groups is 1. The van der Waals surface area contributed by atoms with E-state index in [-0.39, 0.29) is 6.04 Å². The summed E-state index contributed by atoms with van der Waals surface area (Å²) in [4.78, 5) is 5.80. The highest BCUT2D eigenvalue weighted by atomic mass is 32.2. The van der Waals surface area contributed by atoms with Gasteiger partial charge in [0, 0.05) is 10.5 Å². The van der Waals surface area contributed by atoms with Crippen molar-refractivity contribution in [2.24, 2.45) is 0 Å². The molecule has 0 saturated carbocycles. The zero-order chi connectivity index (χ0) is 13.8. The van der Waals surface area contributed by atoms with Crippen LogP contribution in [0, 0.1) is 0 Å². The molecule has 1 aromatic carbocycles. The third-order valence-corrected chi connectivity index (χ3v) is 4.37. The molecule has 1 saturated heterocycles. The van der Waals surface area contributed by atoms with Crippen molar-refractivity contribution in [2.45, 2.75) is 37.1 Å². The summed E-state index contributed by atoms with van der Waals surface area (Å²) in [5.41, 5.74) is 1.01. The molecule has 0 amide bonds. The Morgan fingerprint density at radius 2 is 2.15 bits per heavy atom. The number of aromatic nitrogens is 2. The van der Waals surface area contributed by atoms with Gasteiger partial charge in [-0.3, -0.25) is 0 Å². The Balaban J connectivity index is 1.75. The van der Waals surface area contributed by atoms with Crippen molar-refractivity contribution in [3.63, 3.8) is 0 Å². The molecule has 1 N–H and O–H groups in total. The zero-order valence-electron chi connectivity index (χ0n) is 11.6. The first-order valence-corrected chi connectivity index (χ1v) is 8.15. The minimum atomic E-state index is 0.222. The Morgan fingerprint density at radius 1 is 1.30 bits per heavy atom. The summed E-state index contributed by atoms with van der Waals surface area (Å²) in [6.45, 7) is 3.19. The fourth-order valence-corrected chi connectivity index (χ4v) is 3.09. The normalized spacial score (nSPS) is 19.1. The van der Waals surface area contributed by atoms with E-state index in [1.807, 2.05) is 11.8 Å². The van der Waals surface area contributed by atoms with Crippen LogP contribution in [0.15, 0.2) is 33.7 Å². The molecule has 0 bridgehead atoms. The highest BCUT2D eigenvalue weighted by molar-refractivity contribution is 7.99. The average Bonchev–Trinajstić information content (AvgIpc) is 2.99. The van der Waals surface area contributed by atoms with Crippen LogP contribution < -0.4 is 5.32 Å². The van der Waals surface area contributed by atoms with Gasteiger partial charge in [0.1, 0.15) is 0 Å². The molecular formula is C15H19N3OS. The van der Waals surface area contributed by atoms with Crippen LogP contribution in [-0.2, 0) is 0 Å². The molecule has 0 radical (unpaired) electrons. The first kappa shape index (κ1) is 13.6. The van der Waals surface area contributed by atoms with E-state index in [2.05, 4.69) is 46.6 Å². The minimum absolute atomic E-state index is 0.222. The van der Waals surface area contributed by atoms with Crippen LogP contribution in [0.3, 0.4) is 0 Å². The Bertz CT molecular complexity index is 547. The van der Waals surface area contributed by atoms with Gasteiger partial charge in [-0.15, -0.1) is 11.8 Å². The van der Waals surface area contributed by atoms with E-state index < -0.39 is 0 Å². The summed E-state index contributed by atoms with van der Waals surface area (Å²) in [5, 5.41) is 7.53. The molecule has 2 aromatic rings. The third-order valence-electron chi connectivity index (χ3n) is 3.47. The lowest BCUT2D eigenvalue weighted by Gasteiger charge is -2.19. The molecule has 1 unspecified atom stereocenters. The summed E-state index contributed by atoms with van der Waals surface area (Å²) < 4.78 is 5.41. The van der Waals surface area contributed by atoms with Crippen molar-refractivity contribution in [2.75, 3.05) is 12.3 Å². The number of benzene rings is 1. The Morgan fingerprint density at radius 3 is 2.85 bits per heavy atom. The fourth-order valence-electron chi connectivity index (χ4n) is 2.42. The molecule has 20 heavy (non-hydrogen) atoms. The van der Waals surface area contributed by atoms with E-state index in [0.29, 0.717) is 11.7 Å². The van der Waals surface area contributed by atoms with E-state index in [1.54, 1.807) is 0 Å². The lowest BCUT2D eigenvalue weighted by Crippen LogP contribution is -2.26. The fraction of sp³-hybridized carbons (Fsp3) is 0.467. The van der Waals surface area contributed by atoms with E-state index >= 15 is 0 Å². The van der Waals surface area contributed by atoms with Crippen LogP contribution in [0.2, 0.25) is 0 Å². The maximum Gasteiger partial charge on any atom is 0.244 e. The van der Waals surface area contributed by atoms with Gasteiger partial charge in [0.05, 0.1) is 6.04 Å². The number of hydrogen-bond acceptors (Lipinski definition) is 5. The van der Waals surface area contributed by atoms with Crippen molar-refractivity contribution < 1.29 is 4.52 Å². The molecule has 1 atom stereocenters. The van der Waals surface area contributed by atoms with Crippen molar-refractivity contribution in [3.05, 3.63) is 30.2 Å². The number of nitrogens with one attached hydrogen (secondary N) is 1. The summed E-state index contributed by atoms with van der Waals surface area (Å²) in [6.07, 6.45) is 3.53. The number of hydrogen-bond donors (Lipinski definition) is 1. The molecule has 0 aliphatic carbocycles. The second-order valence-corrected chi connectivity index (χ2v) is 6.25. The summed E-state index contributed by atoms with van der Waals surface area (Å²) in [7, 11) is 0. The molecule has 1 aliphatic rings. The van der Waals surface area contributed by atoms with Gasteiger partial charge in [0.2, 0.25) is 11.7 Å². The molecule has 1 aromatic heterocycles. The summed E-state index contributed by atoms with van der Waals surface area (Å²) in [5.74, 6) is 2.48. The molecular weight excluding hydrogens is 270 g/mol. The Hall–Kier alpha value is -1.33. The molecule has 5 heteroatoms. The van der Waals surface area contributed by atoms with E-state index in [4.69, 9.17) is 4.52 Å². The standard InChI is InChI=1S/C15H19N3OS/c1-2-20-12-8-6-11(7-9-12)14-17-15(19-18-14)13-5-3-4-10-16-13/h6-9,13,16H,2-5,10H2,1H3. The van der Waals surface area contributed by atoms with Crippen molar-refractivity contribution in [1.82, 2.24) is 15.5 Å². The van der Waals surface area contributed by atoms with E-state index in [1.165, 1.54) is 17.7 Å². The average molecular weight is 289 g/mol. The van der Waals surface area contributed by atoms with Gasteiger partial charge < -0.3 is 9.84 Å². The predicted octanol–water partition coefficient (Wildman–Crippen LogP) is 3.66. The van der Waals surface area contributed by atoms with Crippen LogP contribution in [0.1, 0.15) is 38.1 Å². The van der Waals surface area contributed by atoms with Gasteiger partial charge >= 0.3 is 0 Å². The second-order valence-electron chi connectivity index (χ2n) is 4.92. The molecule has 0 spiro atoms. The number of nitrogens with zero attached hydrogens (tertiary/aromatic N) is 2. The smallest absolute Gasteiger partial charge is 0.244 e. The highest BCUT2D eigenvalue weighted by Crippen LogP contribution is 2.25. The Labute approximate surface area is 123 Å². The van der Waals surface area contributed by atoms with Crippen molar-refractivity contribution in [1.29, 1.82) is 0 Å². The first-order chi connectivity index (χ1) is 9.86. The van der Waals surface area contributed by atoms with Crippen LogP contribution >= 0.6 is 11.8 Å². The molecule has 2 heterocycles. The van der Waals surface area contributed by atoms with Gasteiger partial charge in [0.15, 0.2) is 0 Å². The van der Waals surface area contributed by atoms with Gasteiger partial charge in [-0.1, -0.05) is 18.5 Å². The maximum atomic E-state index is 5.41. The zero-order valence-corrected chi connectivity index (χ0v) is 12.4. The maximum absolute atomic E-state index is 5.41. The topological polar surface area (TPSA) is 51.0 Å². The highest BCUT2D eigenvalue weighted by Gasteiger charge is 2.21. The molecule has 1 fully saturated rings. The van der Waals surface area contributed by atoms with Gasteiger partial charge in [-0.05, 0) is 49.4 Å². The second kappa shape index (κ2) is 6.41. The third kappa shape index (κ3) is 3.04. The molecule has 1 aliphatic heterocycles. The molecule has 3 rings (SSSR count). The van der Waals surface area contributed by atoms with Gasteiger partial charge in [-0.2, -0.15) is 4.98 Å². The van der Waals surface area contributed by atoms with Crippen LogP contribution in [0.25, 0.3) is 11.4 Å². The SMILES string of the molecule is CCSc1ccc(-c2noc(C3CCCCN3)n2)cc1. The van der Waals surface area contributed by atoms with Crippen molar-refractivity contribution in [3.8, 4) is 11.4 Å². The summed E-state index contributed by atoms with van der Waals surface area (Å²) in [6, 6.07) is 8.55. The predicted molar refractivity (Wildman–Crippen MR) is 80.7 cm³/mol. The lowest BCUT2D eigenvalue weighted by atomic mass is 10.1. The number of piperidine rings is 1. The lowest BCUT2D eigenvalue weighted by molar-refractivity contribution is 0.297. The minimum Gasteiger partial charge on any atom is -0.337 e. The first-order valence-electron chi connectivity index (χ1n) is 7.17. The van der Waals surface area contributed by atoms with Crippen LogP contribution in [-0.4, -0.2) is 22.4 Å². The summed E-state index contributed by atoms with van der Waals surface area (Å²) >= 11 is 1.83. The van der Waals surface area contributed by atoms with E-state index in [0.717, 1.165) is 24.3 Å². The van der Waals surface area contributed by atoms with Gasteiger partial charge in [0.25, 0.3) is 0 Å². The van der Waals surface area contributed by atoms with E-state index in [9.17, 15) is 0 Å². The molecule has 4 nitrogen and oxygen atoms in total. The molecule has 106 valence electrons. The quantitative estimate of drug-likeness (QED) is 0.870. The monoisotopic (exact) mass is 289 g/mol. The number of rotatable bonds is 4. The van der Waals surface area contributed by atoms with Crippen LogP contribution in [0.5, 0.6) is 0 Å². The van der Waals surface area contributed by atoms with Crippen molar-refractivity contribution >= 4 is 11.8 Å². The van der Waals surface area contributed by atoms with Crippen LogP contribution in [0.4, 0.5) is 0 Å².